The van der Waals surface area contributed by atoms with Gasteiger partial charge in [0.1, 0.15) is 11.6 Å². The molecular formula is C18H19BrFNO2. The molecule has 0 heterocycles. The molecule has 5 heteroatoms. The minimum atomic E-state index is -0.572. The highest BCUT2D eigenvalue weighted by Crippen LogP contribution is 2.17. The van der Waals surface area contributed by atoms with Crippen LogP contribution in [0.1, 0.15) is 18.1 Å². The number of aryl methyl sites for hydroxylation is 1. The zero-order valence-corrected chi connectivity index (χ0v) is 14.7. The van der Waals surface area contributed by atoms with Gasteiger partial charge in [-0.2, -0.15) is 0 Å². The lowest BCUT2D eigenvalue weighted by Gasteiger charge is -2.15. The van der Waals surface area contributed by atoms with E-state index in [0.717, 1.165) is 11.1 Å². The summed E-state index contributed by atoms with van der Waals surface area (Å²) in [6, 6.07) is 12.4. The summed E-state index contributed by atoms with van der Waals surface area (Å²) in [5, 5.41) is 2.83. The summed E-state index contributed by atoms with van der Waals surface area (Å²) in [6.07, 6.45) is 0.0543. The molecule has 1 atom stereocenters. The van der Waals surface area contributed by atoms with E-state index in [1.807, 2.05) is 31.2 Å². The molecule has 0 radical (unpaired) electrons. The van der Waals surface area contributed by atoms with Crippen molar-refractivity contribution < 1.29 is 13.9 Å². The van der Waals surface area contributed by atoms with Crippen LogP contribution in [0.5, 0.6) is 5.75 Å². The lowest BCUT2D eigenvalue weighted by Crippen LogP contribution is -2.37. The van der Waals surface area contributed by atoms with Crippen molar-refractivity contribution in [2.45, 2.75) is 26.4 Å². The highest BCUT2D eigenvalue weighted by molar-refractivity contribution is 9.10. The summed E-state index contributed by atoms with van der Waals surface area (Å²) < 4.78 is 19.2. The van der Waals surface area contributed by atoms with E-state index in [4.69, 9.17) is 4.74 Å². The van der Waals surface area contributed by atoms with E-state index in [2.05, 4.69) is 21.2 Å². The molecule has 2 aromatic rings. The zero-order valence-electron chi connectivity index (χ0n) is 13.1. The van der Waals surface area contributed by atoms with Gasteiger partial charge in [-0.1, -0.05) is 18.2 Å². The van der Waals surface area contributed by atoms with E-state index >= 15 is 0 Å². The Morgan fingerprint density at radius 3 is 2.78 bits per heavy atom. The second kappa shape index (κ2) is 8.11. The van der Waals surface area contributed by atoms with Crippen LogP contribution >= 0.6 is 15.9 Å². The number of ether oxygens (including phenoxy) is 1. The lowest BCUT2D eigenvalue weighted by atomic mass is 10.1. The number of carbonyl (C=O) groups excluding carboxylic acids is 1. The largest absolute Gasteiger partial charge is 0.481 e. The fourth-order valence-electron chi connectivity index (χ4n) is 2.12. The Morgan fingerprint density at radius 1 is 1.30 bits per heavy atom. The molecule has 0 aliphatic heterocycles. The van der Waals surface area contributed by atoms with Gasteiger partial charge in [-0.15, -0.1) is 0 Å². The third-order valence-electron chi connectivity index (χ3n) is 3.37. The first-order valence-electron chi connectivity index (χ1n) is 7.40. The number of amides is 1. The van der Waals surface area contributed by atoms with Gasteiger partial charge < -0.3 is 10.1 Å². The Hall–Kier alpha value is -1.88. The molecule has 0 aromatic heterocycles. The van der Waals surface area contributed by atoms with Gasteiger partial charge >= 0.3 is 0 Å². The van der Waals surface area contributed by atoms with E-state index in [1.165, 1.54) is 6.07 Å². The Kier molecular flexibility index (Phi) is 6.16. The zero-order chi connectivity index (χ0) is 16.8. The van der Waals surface area contributed by atoms with Crippen LogP contribution in [0.4, 0.5) is 4.39 Å². The summed E-state index contributed by atoms with van der Waals surface area (Å²) >= 11 is 3.15. The van der Waals surface area contributed by atoms with Gasteiger partial charge in [-0.25, -0.2) is 4.39 Å². The van der Waals surface area contributed by atoms with E-state index < -0.39 is 6.10 Å². The fraction of sp³-hybridized carbons (Fsp3) is 0.278. The number of nitrogens with one attached hydrogen (secondary N) is 1. The summed E-state index contributed by atoms with van der Waals surface area (Å²) in [5.41, 5.74) is 2.03. The minimum Gasteiger partial charge on any atom is -0.481 e. The third kappa shape index (κ3) is 5.36. The minimum absolute atomic E-state index is 0.173. The summed E-state index contributed by atoms with van der Waals surface area (Å²) in [7, 11) is 0. The fourth-order valence-corrected chi connectivity index (χ4v) is 2.54. The average Bonchev–Trinajstić information content (AvgIpc) is 2.50. The lowest BCUT2D eigenvalue weighted by molar-refractivity contribution is -0.127. The molecule has 0 bridgehead atoms. The highest BCUT2D eigenvalue weighted by atomic mass is 79.9. The molecule has 1 unspecified atom stereocenters. The Morgan fingerprint density at radius 2 is 2.09 bits per heavy atom. The van der Waals surface area contributed by atoms with Crippen molar-refractivity contribution >= 4 is 21.8 Å². The van der Waals surface area contributed by atoms with Crippen LogP contribution < -0.4 is 10.1 Å². The normalized spacial score (nSPS) is 11.8. The maximum Gasteiger partial charge on any atom is 0.260 e. The van der Waals surface area contributed by atoms with Gasteiger partial charge in [0.2, 0.25) is 0 Å². The van der Waals surface area contributed by atoms with Crippen LogP contribution in [-0.4, -0.2) is 18.6 Å². The van der Waals surface area contributed by atoms with Gasteiger partial charge in [0.25, 0.3) is 5.91 Å². The topological polar surface area (TPSA) is 38.3 Å². The molecule has 0 saturated heterocycles. The number of carbonyl (C=O) groups is 1. The quantitative estimate of drug-likeness (QED) is 0.822. The molecule has 0 spiro atoms. The SMILES string of the molecule is Cc1cccc(OC(C)C(=O)NCCc2ccc(F)c(Br)c2)c1. The molecule has 0 saturated carbocycles. The molecule has 3 nitrogen and oxygen atoms in total. The van der Waals surface area contributed by atoms with Gasteiger partial charge in [-0.05, 0) is 71.6 Å². The van der Waals surface area contributed by atoms with Crippen molar-refractivity contribution in [3.05, 3.63) is 63.9 Å². The van der Waals surface area contributed by atoms with Gasteiger partial charge in [-0.3, -0.25) is 4.79 Å². The second-order valence-electron chi connectivity index (χ2n) is 5.37. The average molecular weight is 380 g/mol. The van der Waals surface area contributed by atoms with Crippen molar-refractivity contribution in [2.24, 2.45) is 0 Å². The second-order valence-corrected chi connectivity index (χ2v) is 6.22. The van der Waals surface area contributed by atoms with Crippen LogP contribution in [0.15, 0.2) is 46.9 Å². The number of hydrogen-bond acceptors (Lipinski definition) is 2. The molecule has 2 rings (SSSR count). The van der Waals surface area contributed by atoms with Gasteiger partial charge in [0.05, 0.1) is 4.47 Å². The van der Waals surface area contributed by atoms with Crippen molar-refractivity contribution in [2.75, 3.05) is 6.54 Å². The predicted molar refractivity (Wildman–Crippen MR) is 92.1 cm³/mol. The van der Waals surface area contributed by atoms with Crippen molar-refractivity contribution in [1.82, 2.24) is 5.32 Å². The van der Waals surface area contributed by atoms with E-state index in [9.17, 15) is 9.18 Å². The van der Waals surface area contributed by atoms with Crippen molar-refractivity contribution in [3.63, 3.8) is 0 Å². The molecule has 23 heavy (non-hydrogen) atoms. The molecule has 1 amide bonds. The van der Waals surface area contributed by atoms with Crippen LogP contribution in [0.25, 0.3) is 0 Å². The number of halogens is 2. The van der Waals surface area contributed by atoms with Crippen LogP contribution in [-0.2, 0) is 11.2 Å². The Bertz CT molecular complexity index is 690. The van der Waals surface area contributed by atoms with Crippen LogP contribution in [0.3, 0.4) is 0 Å². The van der Waals surface area contributed by atoms with E-state index in [0.29, 0.717) is 23.2 Å². The van der Waals surface area contributed by atoms with Crippen LogP contribution in [0, 0.1) is 12.7 Å². The first kappa shape index (κ1) is 17.5. The summed E-state index contributed by atoms with van der Waals surface area (Å²) in [6.45, 7) is 4.16. The molecule has 2 aromatic carbocycles. The van der Waals surface area contributed by atoms with Gasteiger partial charge in [0.15, 0.2) is 6.10 Å². The maximum atomic E-state index is 13.2. The maximum absolute atomic E-state index is 13.2. The number of benzene rings is 2. The first-order chi connectivity index (χ1) is 11.0. The number of rotatable bonds is 6. The van der Waals surface area contributed by atoms with Crippen molar-refractivity contribution in [1.29, 1.82) is 0 Å². The monoisotopic (exact) mass is 379 g/mol. The third-order valence-corrected chi connectivity index (χ3v) is 3.98. The smallest absolute Gasteiger partial charge is 0.260 e. The van der Waals surface area contributed by atoms with E-state index in [-0.39, 0.29) is 11.7 Å². The van der Waals surface area contributed by atoms with Gasteiger partial charge in [0, 0.05) is 6.54 Å². The standard InChI is InChI=1S/C18H19BrFNO2/c1-12-4-3-5-15(10-12)23-13(2)18(22)21-9-8-14-6-7-17(20)16(19)11-14/h3-7,10-11,13H,8-9H2,1-2H3,(H,21,22). The molecule has 122 valence electrons. The van der Waals surface area contributed by atoms with Crippen LogP contribution in [0.2, 0.25) is 0 Å². The molecule has 1 N–H and O–H groups in total. The Balaban J connectivity index is 1.80. The first-order valence-corrected chi connectivity index (χ1v) is 8.20. The number of hydrogen-bond donors (Lipinski definition) is 1. The summed E-state index contributed by atoms with van der Waals surface area (Å²) in [4.78, 5) is 12.0. The van der Waals surface area contributed by atoms with Crippen molar-refractivity contribution in [3.8, 4) is 5.75 Å². The molecule has 0 fully saturated rings. The molecular weight excluding hydrogens is 361 g/mol. The molecule has 0 aliphatic rings. The summed E-state index contributed by atoms with van der Waals surface area (Å²) in [5.74, 6) is 0.209. The van der Waals surface area contributed by atoms with E-state index in [1.54, 1.807) is 19.1 Å². The predicted octanol–water partition coefficient (Wildman–Crippen LogP) is 4.02. The Labute approximate surface area is 144 Å². The molecule has 0 aliphatic carbocycles. The highest BCUT2D eigenvalue weighted by Gasteiger charge is 2.14.